The number of hydrogen-bond donors (Lipinski definition) is 2. The van der Waals surface area contributed by atoms with E-state index < -0.39 is 0 Å². The molecule has 3 heteroatoms. The molecule has 14 heavy (non-hydrogen) atoms. The minimum absolute atomic E-state index is 0.307. The van der Waals surface area contributed by atoms with Gasteiger partial charge in [-0.1, -0.05) is 13.3 Å². The quantitative estimate of drug-likeness (QED) is 0.677. The second kappa shape index (κ2) is 7.21. The first-order valence-electron chi connectivity index (χ1n) is 5.78. The van der Waals surface area contributed by atoms with Gasteiger partial charge in [-0.05, 0) is 31.7 Å². The molecule has 1 rings (SSSR count). The molecule has 0 spiro atoms. The molecule has 0 aromatic carbocycles. The van der Waals surface area contributed by atoms with E-state index in [0.29, 0.717) is 18.6 Å². The highest BCUT2D eigenvalue weighted by Gasteiger charge is 2.14. The third-order valence-electron chi connectivity index (χ3n) is 2.97. The van der Waals surface area contributed by atoms with Crippen LogP contribution in [0, 0.1) is 5.92 Å². The summed E-state index contributed by atoms with van der Waals surface area (Å²) in [5.74, 6) is 0.613. The van der Waals surface area contributed by atoms with E-state index in [1.165, 1.54) is 12.8 Å². The molecule has 0 saturated carbocycles. The van der Waals surface area contributed by atoms with Gasteiger partial charge < -0.3 is 15.2 Å². The Kier molecular flexibility index (Phi) is 6.15. The zero-order chi connectivity index (χ0) is 10.2. The minimum Gasteiger partial charge on any atom is -0.396 e. The van der Waals surface area contributed by atoms with Gasteiger partial charge in [-0.3, -0.25) is 0 Å². The van der Waals surface area contributed by atoms with Gasteiger partial charge in [-0.25, -0.2) is 0 Å². The monoisotopic (exact) mass is 201 g/mol. The van der Waals surface area contributed by atoms with Crippen LogP contribution in [0.3, 0.4) is 0 Å². The van der Waals surface area contributed by atoms with Gasteiger partial charge in [0.2, 0.25) is 0 Å². The molecule has 1 saturated heterocycles. The van der Waals surface area contributed by atoms with Crippen LogP contribution in [0.4, 0.5) is 0 Å². The second-order valence-corrected chi connectivity index (χ2v) is 4.11. The van der Waals surface area contributed by atoms with E-state index in [1.807, 2.05) is 0 Å². The van der Waals surface area contributed by atoms with Gasteiger partial charge >= 0.3 is 0 Å². The molecule has 1 aliphatic heterocycles. The molecule has 2 unspecified atom stereocenters. The molecule has 2 atom stereocenters. The fourth-order valence-electron chi connectivity index (χ4n) is 1.87. The molecule has 1 aliphatic rings. The Morgan fingerprint density at radius 1 is 1.57 bits per heavy atom. The molecule has 0 aliphatic carbocycles. The first-order chi connectivity index (χ1) is 6.86. The van der Waals surface area contributed by atoms with Crippen molar-refractivity contribution in [1.29, 1.82) is 0 Å². The van der Waals surface area contributed by atoms with Crippen LogP contribution in [0.15, 0.2) is 0 Å². The Labute approximate surface area is 86.8 Å². The van der Waals surface area contributed by atoms with Gasteiger partial charge in [0.05, 0.1) is 6.61 Å². The van der Waals surface area contributed by atoms with Crippen molar-refractivity contribution in [3.05, 3.63) is 0 Å². The van der Waals surface area contributed by atoms with Crippen LogP contribution in [0.25, 0.3) is 0 Å². The van der Waals surface area contributed by atoms with E-state index in [2.05, 4.69) is 12.2 Å². The van der Waals surface area contributed by atoms with Crippen molar-refractivity contribution in [2.75, 3.05) is 26.4 Å². The van der Waals surface area contributed by atoms with Crippen LogP contribution in [0.2, 0.25) is 0 Å². The summed E-state index contributed by atoms with van der Waals surface area (Å²) in [6.45, 7) is 5.29. The lowest BCUT2D eigenvalue weighted by atomic mass is 10.0. The van der Waals surface area contributed by atoms with Crippen LogP contribution >= 0.6 is 0 Å². The SMILES string of the molecule is CCC(CCO)CNC1CCCOC1. The van der Waals surface area contributed by atoms with Crippen molar-refractivity contribution in [1.82, 2.24) is 5.32 Å². The number of hydrogen-bond acceptors (Lipinski definition) is 3. The van der Waals surface area contributed by atoms with Gasteiger partial charge in [-0.2, -0.15) is 0 Å². The lowest BCUT2D eigenvalue weighted by Crippen LogP contribution is -2.39. The summed E-state index contributed by atoms with van der Waals surface area (Å²) in [6.07, 6.45) is 4.46. The molecule has 1 fully saturated rings. The first kappa shape index (κ1) is 12.0. The Hall–Kier alpha value is -0.120. The summed E-state index contributed by atoms with van der Waals surface area (Å²) in [5.41, 5.74) is 0. The van der Waals surface area contributed by atoms with Gasteiger partial charge in [0.15, 0.2) is 0 Å². The second-order valence-electron chi connectivity index (χ2n) is 4.11. The number of rotatable bonds is 6. The van der Waals surface area contributed by atoms with E-state index in [9.17, 15) is 0 Å². The summed E-state index contributed by atoms with van der Waals surface area (Å²) in [7, 11) is 0. The molecule has 0 aromatic rings. The highest BCUT2D eigenvalue weighted by atomic mass is 16.5. The Balaban J connectivity index is 2.10. The van der Waals surface area contributed by atoms with Crippen LogP contribution in [0.1, 0.15) is 32.6 Å². The van der Waals surface area contributed by atoms with Gasteiger partial charge in [0.25, 0.3) is 0 Å². The van der Waals surface area contributed by atoms with E-state index in [0.717, 1.165) is 32.6 Å². The van der Waals surface area contributed by atoms with Crippen molar-refractivity contribution in [2.24, 2.45) is 5.92 Å². The minimum atomic E-state index is 0.307. The summed E-state index contributed by atoms with van der Waals surface area (Å²) in [5, 5.41) is 12.4. The van der Waals surface area contributed by atoms with Crippen LogP contribution in [0.5, 0.6) is 0 Å². The zero-order valence-corrected chi connectivity index (χ0v) is 9.17. The van der Waals surface area contributed by atoms with Crippen LogP contribution in [-0.2, 0) is 4.74 Å². The molecule has 1 heterocycles. The summed E-state index contributed by atoms with van der Waals surface area (Å²) >= 11 is 0. The van der Waals surface area contributed by atoms with E-state index in [-0.39, 0.29) is 0 Å². The summed E-state index contributed by atoms with van der Waals surface area (Å²) in [4.78, 5) is 0. The number of aliphatic hydroxyl groups is 1. The highest BCUT2D eigenvalue weighted by Crippen LogP contribution is 2.09. The Bertz CT molecular complexity index is 130. The third-order valence-corrected chi connectivity index (χ3v) is 2.97. The lowest BCUT2D eigenvalue weighted by Gasteiger charge is -2.25. The maximum atomic E-state index is 8.85. The number of nitrogens with one attached hydrogen (secondary N) is 1. The average Bonchev–Trinajstić information content (AvgIpc) is 2.25. The average molecular weight is 201 g/mol. The fraction of sp³-hybridized carbons (Fsp3) is 1.00. The predicted octanol–water partition coefficient (Wildman–Crippen LogP) is 1.16. The van der Waals surface area contributed by atoms with Gasteiger partial charge in [0, 0.05) is 19.3 Å². The molecule has 0 bridgehead atoms. The molecule has 3 nitrogen and oxygen atoms in total. The van der Waals surface area contributed by atoms with Gasteiger partial charge in [0.1, 0.15) is 0 Å². The Morgan fingerprint density at radius 3 is 3.00 bits per heavy atom. The maximum absolute atomic E-state index is 8.85. The topological polar surface area (TPSA) is 41.5 Å². The Morgan fingerprint density at radius 2 is 2.43 bits per heavy atom. The maximum Gasteiger partial charge on any atom is 0.0619 e. The third kappa shape index (κ3) is 4.40. The smallest absolute Gasteiger partial charge is 0.0619 e. The van der Waals surface area contributed by atoms with Gasteiger partial charge in [-0.15, -0.1) is 0 Å². The molecule has 0 amide bonds. The van der Waals surface area contributed by atoms with E-state index in [4.69, 9.17) is 9.84 Å². The fourth-order valence-corrected chi connectivity index (χ4v) is 1.87. The summed E-state index contributed by atoms with van der Waals surface area (Å²) in [6, 6.07) is 0.538. The molecule has 0 aromatic heterocycles. The summed E-state index contributed by atoms with van der Waals surface area (Å²) < 4.78 is 5.40. The highest BCUT2D eigenvalue weighted by molar-refractivity contribution is 4.71. The normalized spacial score (nSPS) is 24.9. The zero-order valence-electron chi connectivity index (χ0n) is 9.17. The number of ether oxygens (including phenoxy) is 1. The number of aliphatic hydroxyl groups excluding tert-OH is 1. The van der Waals surface area contributed by atoms with Crippen molar-refractivity contribution < 1.29 is 9.84 Å². The van der Waals surface area contributed by atoms with E-state index in [1.54, 1.807) is 0 Å². The largest absolute Gasteiger partial charge is 0.396 e. The van der Waals surface area contributed by atoms with Crippen LogP contribution < -0.4 is 5.32 Å². The molecular weight excluding hydrogens is 178 g/mol. The lowest BCUT2D eigenvalue weighted by molar-refractivity contribution is 0.0685. The molecule has 84 valence electrons. The van der Waals surface area contributed by atoms with Crippen molar-refractivity contribution in [3.8, 4) is 0 Å². The van der Waals surface area contributed by atoms with Crippen molar-refractivity contribution >= 4 is 0 Å². The van der Waals surface area contributed by atoms with Crippen molar-refractivity contribution in [2.45, 2.75) is 38.6 Å². The predicted molar refractivity (Wildman–Crippen MR) is 57.3 cm³/mol. The molecule has 2 N–H and O–H groups in total. The van der Waals surface area contributed by atoms with E-state index >= 15 is 0 Å². The van der Waals surface area contributed by atoms with Crippen LogP contribution in [-0.4, -0.2) is 37.5 Å². The molecule has 0 radical (unpaired) electrons. The first-order valence-corrected chi connectivity index (χ1v) is 5.78. The molecular formula is C11H23NO2. The van der Waals surface area contributed by atoms with Crippen molar-refractivity contribution in [3.63, 3.8) is 0 Å². The standard InChI is InChI=1S/C11H23NO2/c1-2-10(5-6-13)8-12-11-4-3-7-14-9-11/h10-13H,2-9H2,1H3.